The van der Waals surface area contributed by atoms with Crippen LogP contribution in [0.3, 0.4) is 0 Å². The molecular formula is C12H16N2O6S. The highest BCUT2D eigenvalue weighted by molar-refractivity contribution is 7.91. The topological polar surface area (TPSA) is 122 Å². The standard InChI is InChI=1S/C12H16N2O6S/c1-7(2)20-12(17)14-21(18,19)13-10-5-4-9(11(15)16)6-8(10)3/h4-7,13H,1-3H3,(H,14,17)(H,15,16). The minimum atomic E-state index is -4.16. The Morgan fingerprint density at radius 2 is 1.90 bits per heavy atom. The van der Waals surface area contributed by atoms with Crippen molar-refractivity contribution in [1.82, 2.24) is 4.72 Å². The van der Waals surface area contributed by atoms with Crippen LogP contribution >= 0.6 is 0 Å². The van der Waals surface area contributed by atoms with Gasteiger partial charge in [0.25, 0.3) is 0 Å². The lowest BCUT2D eigenvalue weighted by Crippen LogP contribution is -2.37. The van der Waals surface area contributed by atoms with E-state index in [-0.39, 0.29) is 11.3 Å². The second-order valence-electron chi connectivity index (χ2n) is 4.50. The molecule has 1 amide bonds. The van der Waals surface area contributed by atoms with E-state index in [2.05, 4.69) is 9.46 Å². The van der Waals surface area contributed by atoms with E-state index in [4.69, 9.17) is 5.11 Å². The van der Waals surface area contributed by atoms with Gasteiger partial charge in [-0.25, -0.2) is 14.3 Å². The number of amides is 1. The van der Waals surface area contributed by atoms with Gasteiger partial charge in [-0.2, -0.15) is 8.42 Å². The summed E-state index contributed by atoms with van der Waals surface area (Å²) in [6.07, 6.45) is -1.56. The summed E-state index contributed by atoms with van der Waals surface area (Å²) in [7, 11) is -4.16. The van der Waals surface area contributed by atoms with Crippen molar-refractivity contribution in [2.24, 2.45) is 0 Å². The number of carboxylic acids is 1. The van der Waals surface area contributed by atoms with Gasteiger partial charge in [-0.15, -0.1) is 0 Å². The van der Waals surface area contributed by atoms with Gasteiger partial charge in [0.2, 0.25) is 0 Å². The van der Waals surface area contributed by atoms with Gasteiger partial charge in [-0.3, -0.25) is 4.72 Å². The molecule has 1 aromatic carbocycles. The molecule has 0 spiro atoms. The second-order valence-corrected chi connectivity index (χ2v) is 5.91. The van der Waals surface area contributed by atoms with Gasteiger partial charge in [-0.05, 0) is 44.5 Å². The van der Waals surface area contributed by atoms with Crippen LogP contribution in [0, 0.1) is 6.92 Å². The zero-order valence-corrected chi connectivity index (χ0v) is 12.5. The summed E-state index contributed by atoms with van der Waals surface area (Å²) in [5, 5.41) is 8.82. The molecule has 0 aromatic heterocycles. The lowest BCUT2D eigenvalue weighted by molar-refractivity contribution is 0.0696. The molecule has 9 heteroatoms. The maximum absolute atomic E-state index is 11.7. The smallest absolute Gasteiger partial charge is 0.422 e. The summed E-state index contributed by atoms with van der Waals surface area (Å²) < 4.78 is 31.9. The highest BCUT2D eigenvalue weighted by Gasteiger charge is 2.17. The molecule has 3 N–H and O–H groups in total. The van der Waals surface area contributed by atoms with Crippen LogP contribution in [0.1, 0.15) is 29.8 Å². The number of benzene rings is 1. The minimum absolute atomic E-state index is 0.0302. The van der Waals surface area contributed by atoms with Crippen molar-refractivity contribution in [3.8, 4) is 0 Å². The van der Waals surface area contributed by atoms with Crippen LogP contribution in [-0.2, 0) is 14.9 Å². The molecule has 0 aliphatic rings. The van der Waals surface area contributed by atoms with Crippen LogP contribution in [0.15, 0.2) is 18.2 Å². The number of hydrogen-bond acceptors (Lipinski definition) is 5. The zero-order valence-electron chi connectivity index (χ0n) is 11.7. The average Bonchev–Trinajstić information content (AvgIpc) is 2.29. The maximum atomic E-state index is 11.7. The van der Waals surface area contributed by atoms with E-state index < -0.39 is 28.4 Å². The summed E-state index contributed by atoms with van der Waals surface area (Å²) in [5.41, 5.74) is 0.588. The molecule has 0 radical (unpaired) electrons. The Morgan fingerprint density at radius 1 is 1.29 bits per heavy atom. The predicted molar refractivity (Wildman–Crippen MR) is 75.4 cm³/mol. The van der Waals surface area contributed by atoms with E-state index in [1.165, 1.54) is 25.1 Å². The number of aryl methyl sites for hydroxylation is 1. The largest absolute Gasteiger partial charge is 0.478 e. The summed E-state index contributed by atoms with van der Waals surface area (Å²) in [4.78, 5) is 22.0. The normalized spacial score (nSPS) is 11.0. The minimum Gasteiger partial charge on any atom is -0.478 e. The van der Waals surface area contributed by atoms with Crippen molar-refractivity contribution in [2.75, 3.05) is 4.72 Å². The van der Waals surface area contributed by atoms with Crippen molar-refractivity contribution in [3.05, 3.63) is 29.3 Å². The fourth-order valence-electron chi connectivity index (χ4n) is 1.43. The molecule has 0 fully saturated rings. The number of hydrogen-bond donors (Lipinski definition) is 3. The first-order valence-electron chi connectivity index (χ1n) is 5.96. The lowest BCUT2D eigenvalue weighted by Gasteiger charge is -2.13. The number of carboxylic acid groups (broad SMARTS) is 1. The summed E-state index contributed by atoms with van der Waals surface area (Å²) in [6.45, 7) is 4.69. The van der Waals surface area contributed by atoms with Crippen LogP contribution < -0.4 is 9.44 Å². The zero-order chi connectivity index (χ0) is 16.2. The molecule has 21 heavy (non-hydrogen) atoms. The molecule has 1 rings (SSSR count). The van der Waals surface area contributed by atoms with Gasteiger partial charge in [0.05, 0.1) is 17.4 Å². The SMILES string of the molecule is Cc1cc(C(=O)O)ccc1NS(=O)(=O)NC(=O)OC(C)C. The molecule has 116 valence electrons. The summed E-state index contributed by atoms with van der Waals surface area (Å²) >= 11 is 0. The first-order chi connectivity index (χ1) is 9.60. The molecule has 1 aromatic rings. The van der Waals surface area contributed by atoms with E-state index in [9.17, 15) is 18.0 Å². The Hall–Kier alpha value is -2.29. The summed E-state index contributed by atoms with van der Waals surface area (Å²) in [6, 6.07) is 3.86. The maximum Gasteiger partial charge on any atom is 0.422 e. The fourth-order valence-corrected chi connectivity index (χ4v) is 2.27. The molecule has 0 saturated carbocycles. The van der Waals surface area contributed by atoms with E-state index in [0.717, 1.165) is 0 Å². The number of anilines is 1. The second kappa shape index (κ2) is 6.44. The van der Waals surface area contributed by atoms with Crippen LogP contribution in [0.25, 0.3) is 0 Å². The van der Waals surface area contributed by atoms with Crippen molar-refractivity contribution in [3.63, 3.8) is 0 Å². The first kappa shape index (κ1) is 16.8. The van der Waals surface area contributed by atoms with Gasteiger partial charge in [0.1, 0.15) is 0 Å². The molecule has 0 saturated heterocycles. The molecule has 0 bridgehead atoms. The third kappa shape index (κ3) is 5.30. The number of aromatic carboxylic acids is 1. The molecule has 0 heterocycles. The van der Waals surface area contributed by atoms with Gasteiger partial charge in [0, 0.05) is 0 Å². The molecule has 0 unspecified atom stereocenters. The van der Waals surface area contributed by atoms with Crippen molar-refractivity contribution in [1.29, 1.82) is 0 Å². The van der Waals surface area contributed by atoms with Gasteiger partial charge < -0.3 is 9.84 Å². The third-order valence-electron chi connectivity index (χ3n) is 2.28. The monoisotopic (exact) mass is 316 g/mol. The van der Waals surface area contributed by atoms with E-state index in [1.807, 2.05) is 0 Å². The molecular weight excluding hydrogens is 300 g/mol. The Kier molecular flexibility index (Phi) is 5.14. The Morgan fingerprint density at radius 3 is 2.38 bits per heavy atom. The van der Waals surface area contributed by atoms with E-state index in [1.54, 1.807) is 18.6 Å². The van der Waals surface area contributed by atoms with E-state index >= 15 is 0 Å². The van der Waals surface area contributed by atoms with Crippen LogP contribution in [-0.4, -0.2) is 31.7 Å². The Bertz CT molecular complexity index is 654. The summed E-state index contributed by atoms with van der Waals surface area (Å²) in [5.74, 6) is -1.12. The number of carbonyl (C=O) groups is 2. The number of nitrogens with one attached hydrogen (secondary N) is 2. The van der Waals surface area contributed by atoms with Gasteiger partial charge in [0.15, 0.2) is 0 Å². The number of rotatable bonds is 5. The van der Waals surface area contributed by atoms with Crippen LogP contribution in [0.4, 0.5) is 10.5 Å². The molecule has 0 aliphatic carbocycles. The van der Waals surface area contributed by atoms with Gasteiger partial charge in [-0.1, -0.05) is 0 Å². The van der Waals surface area contributed by atoms with Crippen LogP contribution in [0.2, 0.25) is 0 Å². The van der Waals surface area contributed by atoms with E-state index in [0.29, 0.717) is 5.56 Å². The fraction of sp³-hybridized carbons (Fsp3) is 0.333. The van der Waals surface area contributed by atoms with Crippen molar-refractivity contribution < 1.29 is 27.9 Å². The Balaban J connectivity index is 2.85. The highest BCUT2D eigenvalue weighted by atomic mass is 32.2. The molecule has 0 aliphatic heterocycles. The highest BCUT2D eigenvalue weighted by Crippen LogP contribution is 2.17. The lowest BCUT2D eigenvalue weighted by atomic mass is 10.1. The Labute approximate surface area is 122 Å². The van der Waals surface area contributed by atoms with Crippen LogP contribution in [0.5, 0.6) is 0 Å². The number of carbonyl (C=O) groups excluding carboxylic acids is 1. The average molecular weight is 316 g/mol. The first-order valence-corrected chi connectivity index (χ1v) is 7.44. The molecule has 0 atom stereocenters. The third-order valence-corrected chi connectivity index (χ3v) is 3.20. The number of ether oxygens (including phenoxy) is 1. The van der Waals surface area contributed by atoms with Gasteiger partial charge >= 0.3 is 22.3 Å². The van der Waals surface area contributed by atoms with Crippen molar-refractivity contribution >= 4 is 28.0 Å². The predicted octanol–water partition coefficient (Wildman–Crippen LogP) is 1.48. The quantitative estimate of drug-likeness (QED) is 0.756. The van der Waals surface area contributed by atoms with Crippen molar-refractivity contribution in [2.45, 2.75) is 26.9 Å². The molecule has 8 nitrogen and oxygen atoms in total.